The number of nitrogens with one attached hydrogen (secondary N) is 1. The summed E-state index contributed by atoms with van der Waals surface area (Å²) in [5.41, 5.74) is 5.17. The lowest BCUT2D eigenvalue weighted by molar-refractivity contribution is -0.141. The Hall–Kier alpha value is -3.11. The number of halogens is 1. The van der Waals surface area contributed by atoms with Gasteiger partial charge >= 0.3 is 0 Å². The van der Waals surface area contributed by atoms with E-state index in [9.17, 15) is 9.59 Å². The molecule has 0 saturated heterocycles. The monoisotopic (exact) mass is 502 g/mol. The molecule has 2 amide bonds. The summed E-state index contributed by atoms with van der Waals surface area (Å²) >= 11 is 6.12. The number of aryl methyl sites for hydroxylation is 2. The highest BCUT2D eigenvalue weighted by Gasteiger charge is 2.32. The van der Waals surface area contributed by atoms with Crippen LogP contribution >= 0.6 is 11.6 Å². The molecule has 1 aliphatic rings. The van der Waals surface area contributed by atoms with E-state index in [1.165, 1.54) is 0 Å². The molecule has 4 rings (SSSR count). The molecule has 0 aromatic heterocycles. The predicted molar refractivity (Wildman–Crippen MR) is 146 cm³/mol. The maximum atomic E-state index is 13.9. The molecule has 4 nitrogen and oxygen atoms in total. The van der Waals surface area contributed by atoms with Gasteiger partial charge in [0.2, 0.25) is 11.8 Å². The lowest BCUT2D eigenvalue weighted by atomic mass is 9.99. The first-order chi connectivity index (χ1) is 17.4. The first-order valence-electron chi connectivity index (χ1n) is 12.8. The Morgan fingerprint density at radius 1 is 0.944 bits per heavy atom. The summed E-state index contributed by atoms with van der Waals surface area (Å²) in [6.45, 7) is 4.41. The Morgan fingerprint density at radius 3 is 2.33 bits per heavy atom. The van der Waals surface area contributed by atoms with E-state index in [0.717, 1.165) is 53.5 Å². The molecule has 3 aromatic rings. The van der Waals surface area contributed by atoms with Gasteiger partial charge in [0.15, 0.2) is 0 Å². The van der Waals surface area contributed by atoms with Gasteiger partial charge in [-0.05, 0) is 61.1 Å². The summed E-state index contributed by atoms with van der Waals surface area (Å²) < 4.78 is 0. The minimum absolute atomic E-state index is 0.0545. The van der Waals surface area contributed by atoms with Crippen molar-refractivity contribution in [3.8, 4) is 0 Å². The topological polar surface area (TPSA) is 49.4 Å². The summed E-state index contributed by atoms with van der Waals surface area (Å²) in [7, 11) is 0. The number of carbonyl (C=O) groups excluding carboxylic acids is 2. The van der Waals surface area contributed by atoms with Crippen molar-refractivity contribution >= 4 is 23.4 Å². The van der Waals surface area contributed by atoms with Gasteiger partial charge in [0.1, 0.15) is 6.04 Å². The molecule has 0 unspecified atom stereocenters. The normalized spacial score (nSPS) is 14.4. The van der Waals surface area contributed by atoms with Crippen molar-refractivity contribution in [3.05, 3.63) is 106 Å². The van der Waals surface area contributed by atoms with Gasteiger partial charge in [-0.2, -0.15) is 0 Å². The Kier molecular flexibility index (Phi) is 8.82. The van der Waals surface area contributed by atoms with E-state index >= 15 is 0 Å². The number of benzene rings is 3. The van der Waals surface area contributed by atoms with Crippen LogP contribution in [0.5, 0.6) is 0 Å². The van der Waals surface area contributed by atoms with E-state index in [0.29, 0.717) is 18.0 Å². The maximum absolute atomic E-state index is 13.9. The molecule has 3 aromatic carbocycles. The largest absolute Gasteiger partial charge is 0.352 e. The maximum Gasteiger partial charge on any atom is 0.243 e. The fraction of sp³-hybridized carbons (Fsp3) is 0.355. The van der Waals surface area contributed by atoms with Gasteiger partial charge in [-0.25, -0.2) is 0 Å². The summed E-state index contributed by atoms with van der Waals surface area (Å²) in [5, 5.41) is 3.91. The van der Waals surface area contributed by atoms with Crippen molar-refractivity contribution < 1.29 is 9.59 Å². The molecule has 5 heteroatoms. The van der Waals surface area contributed by atoms with Crippen molar-refractivity contribution in [2.75, 3.05) is 0 Å². The highest BCUT2D eigenvalue weighted by Crippen LogP contribution is 2.22. The SMILES string of the molecule is Cc1ccc(C)c(CC(=O)N(Cc2ccc(Cl)cc2)[C@@H](Cc2ccccc2)C(=O)NC2CCCC2)c1. The van der Waals surface area contributed by atoms with Gasteiger partial charge in [0.25, 0.3) is 0 Å². The minimum Gasteiger partial charge on any atom is -0.352 e. The highest BCUT2D eigenvalue weighted by molar-refractivity contribution is 6.30. The van der Waals surface area contributed by atoms with Crippen LogP contribution < -0.4 is 5.32 Å². The van der Waals surface area contributed by atoms with Gasteiger partial charge < -0.3 is 10.2 Å². The average molecular weight is 503 g/mol. The van der Waals surface area contributed by atoms with Crippen molar-refractivity contribution in [2.24, 2.45) is 0 Å². The first kappa shape index (κ1) is 26.0. The second-order valence-corrected chi connectivity index (χ2v) is 10.4. The van der Waals surface area contributed by atoms with Crippen LogP contribution in [0.2, 0.25) is 5.02 Å². The Balaban J connectivity index is 1.67. The Labute approximate surface area is 219 Å². The van der Waals surface area contributed by atoms with E-state index in [2.05, 4.69) is 23.5 Å². The third kappa shape index (κ3) is 6.98. The zero-order valence-electron chi connectivity index (χ0n) is 21.2. The second kappa shape index (κ2) is 12.2. The van der Waals surface area contributed by atoms with Crippen LogP contribution in [-0.4, -0.2) is 28.8 Å². The number of rotatable bonds is 9. The third-order valence-corrected chi connectivity index (χ3v) is 7.34. The van der Waals surface area contributed by atoms with Crippen LogP contribution in [-0.2, 0) is 29.0 Å². The summed E-state index contributed by atoms with van der Waals surface area (Å²) in [6, 6.07) is 23.2. The van der Waals surface area contributed by atoms with Crippen molar-refractivity contribution in [1.82, 2.24) is 10.2 Å². The molecule has 188 valence electrons. The average Bonchev–Trinajstić information content (AvgIpc) is 3.38. The molecule has 0 spiro atoms. The van der Waals surface area contributed by atoms with Crippen LogP contribution in [0.1, 0.15) is 53.5 Å². The van der Waals surface area contributed by atoms with E-state index in [4.69, 9.17) is 11.6 Å². The van der Waals surface area contributed by atoms with Crippen LogP contribution in [0.4, 0.5) is 0 Å². The zero-order chi connectivity index (χ0) is 25.5. The molecule has 0 bridgehead atoms. The van der Waals surface area contributed by atoms with Crippen LogP contribution in [0.25, 0.3) is 0 Å². The molecule has 0 aliphatic heterocycles. The summed E-state index contributed by atoms with van der Waals surface area (Å²) in [6.07, 6.45) is 4.98. The highest BCUT2D eigenvalue weighted by atomic mass is 35.5. The van der Waals surface area contributed by atoms with Crippen molar-refractivity contribution in [3.63, 3.8) is 0 Å². The zero-order valence-corrected chi connectivity index (χ0v) is 21.9. The predicted octanol–water partition coefficient (Wildman–Crippen LogP) is 6.20. The van der Waals surface area contributed by atoms with Crippen molar-refractivity contribution in [2.45, 2.75) is 71.0 Å². The molecular weight excluding hydrogens is 468 g/mol. The molecule has 1 atom stereocenters. The minimum atomic E-state index is -0.610. The van der Waals surface area contributed by atoms with E-state index in [-0.39, 0.29) is 24.3 Å². The number of carbonyl (C=O) groups is 2. The molecule has 1 saturated carbocycles. The fourth-order valence-electron chi connectivity index (χ4n) is 4.96. The van der Waals surface area contributed by atoms with Gasteiger partial charge in [-0.1, -0.05) is 90.7 Å². The van der Waals surface area contributed by atoms with E-state index in [1.807, 2.05) is 68.4 Å². The van der Waals surface area contributed by atoms with Crippen LogP contribution in [0.15, 0.2) is 72.8 Å². The first-order valence-corrected chi connectivity index (χ1v) is 13.2. The van der Waals surface area contributed by atoms with Gasteiger partial charge in [-0.15, -0.1) is 0 Å². The smallest absolute Gasteiger partial charge is 0.243 e. The van der Waals surface area contributed by atoms with E-state index in [1.54, 1.807) is 4.90 Å². The standard InChI is InChI=1S/C31H35ClN2O2/c1-22-12-13-23(2)26(18-22)20-30(35)34(21-25-14-16-27(32)17-15-25)29(19-24-8-4-3-5-9-24)31(36)33-28-10-6-7-11-28/h3-5,8-9,12-18,28-29H,6-7,10-11,19-21H2,1-2H3,(H,33,36)/t29-/m0/s1. The fourth-order valence-corrected chi connectivity index (χ4v) is 5.09. The molecule has 1 fully saturated rings. The lowest BCUT2D eigenvalue weighted by Gasteiger charge is -2.32. The molecule has 1 aliphatic carbocycles. The number of hydrogen-bond donors (Lipinski definition) is 1. The summed E-state index contributed by atoms with van der Waals surface area (Å²) in [5.74, 6) is -0.129. The number of amides is 2. The van der Waals surface area contributed by atoms with Crippen molar-refractivity contribution in [1.29, 1.82) is 0 Å². The molecule has 36 heavy (non-hydrogen) atoms. The number of nitrogens with zero attached hydrogens (tertiary/aromatic N) is 1. The van der Waals surface area contributed by atoms with Gasteiger partial charge in [0, 0.05) is 24.0 Å². The molecule has 0 radical (unpaired) electrons. The number of hydrogen-bond acceptors (Lipinski definition) is 2. The molecule has 0 heterocycles. The molecular formula is C31H35ClN2O2. The third-order valence-electron chi connectivity index (χ3n) is 7.09. The second-order valence-electron chi connectivity index (χ2n) is 9.95. The van der Waals surface area contributed by atoms with Crippen LogP contribution in [0, 0.1) is 13.8 Å². The summed E-state index contributed by atoms with van der Waals surface area (Å²) in [4.78, 5) is 29.4. The van der Waals surface area contributed by atoms with E-state index < -0.39 is 6.04 Å². The van der Waals surface area contributed by atoms with Crippen LogP contribution in [0.3, 0.4) is 0 Å². The van der Waals surface area contributed by atoms with Gasteiger partial charge in [0.05, 0.1) is 6.42 Å². The Bertz CT molecular complexity index is 1170. The lowest BCUT2D eigenvalue weighted by Crippen LogP contribution is -2.52. The Morgan fingerprint density at radius 2 is 1.64 bits per heavy atom. The molecule has 1 N–H and O–H groups in total. The quantitative estimate of drug-likeness (QED) is 0.379. The van der Waals surface area contributed by atoms with Gasteiger partial charge in [-0.3, -0.25) is 9.59 Å².